The Bertz CT molecular complexity index is 714. The molecule has 0 saturated carbocycles. The zero-order valence-electron chi connectivity index (χ0n) is 16.9. The van der Waals surface area contributed by atoms with Crippen molar-refractivity contribution >= 4 is 18.3 Å². The summed E-state index contributed by atoms with van der Waals surface area (Å²) in [4.78, 5) is 14.4. The zero-order valence-corrected chi connectivity index (χ0v) is 17.7. The van der Waals surface area contributed by atoms with Crippen molar-refractivity contribution in [3.05, 3.63) is 42.2 Å². The molecule has 2 heterocycles. The van der Waals surface area contributed by atoms with Crippen LogP contribution in [0.5, 0.6) is 0 Å². The summed E-state index contributed by atoms with van der Waals surface area (Å²) in [6, 6.07) is 12.0. The second kappa shape index (κ2) is 11.2. The number of aromatic nitrogens is 1. The van der Waals surface area contributed by atoms with Gasteiger partial charge in [-0.05, 0) is 44.2 Å². The second-order valence-corrected chi connectivity index (χ2v) is 7.75. The highest BCUT2D eigenvalue weighted by Crippen LogP contribution is 2.23. The fourth-order valence-electron chi connectivity index (χ4n) is 3.75. The van der Waals surface area contributed by atoms with Gasteiger partial charge in [0.1, 0.15) is 11.5 Å². The molecule has 0 bridgehead atoms. The highest BCUT2D eigenvalue weighted by Gasteiger charge is 2.23. The van der Waals surface area contributed by atoms with E-state index in [1.54, 1.807) is 0 Å². The van der Waals surface area contributed by atoms with Crippen molar-refractivity contribution in [2.75, 3.05) is 26.7 Å². The molecule has 1 aromatic carbocycles. The summed E-state index contributed by atoms with van der Waals surface area (Å²) in [5.74, 6) is 2.18. The maximum Gasteiger partial charge on any atom is 0.222 e. The lowest BCUT2D eigenvalue weighted by Gasteiger charge is -2.29. The fraction of sp³-hybridized carbons (Fsp3) is 0.545. The fourth-order valence-corrected chi connectivity index (χ4v) is 3.75. The molecule has 6 heteroatoms. The molecule has 1 fully saturated rings. The van der Waals surface area contributed by atoms with Crippen LogP contribution in [-0.2, 0) is 11.2 Å². The molecule has 28 heavy (non-hydrogen) atoms. The Morgan fingerprint density at radius 2 is 2.14 bits per heavy atom. The minimum atomic E-state index is 0. The van der Waals surface area contributed by atoms with Crippen LogP contribution < -0.4 is 5.32 Å². The first-order valence-corrected chi connectivity index (χ1v) is 10.1. The van der Waals surface area contributed by atoms with Crippen LogP contribution in [0.25, 0.3) is 11.3 Å². The lowest BCUT2D eigenvalue weighted by molar-refractivity contribution is -0.131. The molecule has 2 aromatic rings. The van der Waals surface area contributed by atoms with Gasteiger partial charge in [-0.1, -0.05) is 42.4 Å². The third kappa shape index (κ3) is 6.35. The van der Waals surface area contributed by atoms with E-state index in [-0.39, 0.29) is 18.3 Å². The Kier molecular flexibility index (Phi) is 9.00. The standard InChI is InChI=1S/C22H31N3O2.ClH/c1-17(19-10-6-12-23-16-19)14-22(26)25(2)13-7-11-20-15-21(24-27-20)18-8-4-3-5-9-18;/h3-5,8-9,15,17,19,23H,6-7,10-14,16H2,1-2H3;1H. The number of rotatable bonds is 8. The van der Waals surface area contributed by atoms with Crippen LogP contribution in [0, 0.1) is 11.8 Å². The number of hydrogen-bond acceptors (Lipinski definition) is 4. The second-order valence-electron chi connectivity index (χ2n) is 7.75. The van der Waals surface area contributed by atoms with Gasteiger partial charge in [-0.15, -0.1) is 12.4 Å². The summed E-state index contributed by atoms with van der Waals surface area (Å²) < 4.78 is 5.44. The van der Waals surface area contributed by atoms with Crippen LogP contribution in [0.15, 0.2) is 40.9 Å². The van der Waals surface area contributed by atoms with Crippen LogP contribution in [0.4, 0.5) is 0 Å². The number of hydrogen-bond donors (Lipinski definition) is 1. The van der Waals surface area contributed by atoms with Crippen LogP contribution in [0.1, 0.15) is 38.4 Å². The van der Waals surface area contributed by atoms with E-state index in [0.717, 1.165) is 49.5 Å². The van der Waals surface area contributed by atoms with E-state index in [4.69, 9.17) is 4.52 Å². The normalized spacial score (nSPS) is 17.6. The Morgan fingerprint density at radius 1 is 1.36 bits per heavy atom. The smallest absolute Gasteiger partial charge is 0.222 e. The average molecular weight is 406 g/mol. The van der Waals surface area contributed by atoms with Gasteiger partial charge in [0.15, 0.2) is 0 Å². The third-order valence-corrected chi connectivity index (χ3v) is 5.61. The molecule has 1 aromatic heterocycles. The van der Waals surface area contributed by atoms with Crippen molar-refractivity contribution in [3.8, 4) is 11.3 Å². The summed E-state index contributed by atoms with van der Waals surface area (Å²) in [7, 11) is 1.91. The predicted molar refractivity (Wildman–Crippen MR) is 115 cm³/mol. The van der Waals surface area contributed by atoms with Gasteiger partial charge < -0.3 is 14.7 Å². The van der Waals surface area contributed by atoms with Crippen LogP contribution >= 0.6 is 12.4 Å². The van der Waals surface area contributed by atoms with Gasteiger partial charge in [-0.3, -0.25) is 4.79 Å². The number of halogens is 1. The van der Waals surface area contributed by atoms with E-state index < -0.39 is 0 Å². The van der Waals surface area contributed by atoms with Gasteiger partial charge in [-0.2, -0.15) is 0 Å². The SMILES string of the molecule is CC(CC(=O)N(C)CCCc1cc(-c2ccccc2)no1)C1CCCNC1.Cl. The largest absolute Gasteiger partial charge is 0.361 e. The number of piperidine rings is 1. The van der Waals surface area contributed by atoms with Gasteiger partial charge in [-0.25, -0.2) is 0 Å². The predicted octanol–water partition coefficient (Wildman–Crippen LogP) is 4.18. The quantitative estimate of drug-likeness (QED) is 0.715. The molecule has 1 aliphatic heterocycles. The van der Waals surface area contributed by atoms with Gasteiger partial charge in [0.25, 0.3) is 0 Å². The van der Waals surface area contributed by atoms with E-state index in [1.807, 2.05) is 48.3 Å². The number of carbonyl (C=O) groups excluding carboxylic acids is 1. The summed E-state index contributed by atoms with van der Waals surface area (Å²) in [5.41, 5.74) is 1.93. The topological polar surface area (TPSA) is 58.4 Å². The maximum atomic E-state index is 12.5. The van der Waals surface area contributed by atoms with Crippen LogP contribution in [0.2, 0.25) is 0 Å². The number of carbonyl (C=O) groups is 1. The summed E-state index contributed by atoms with van der Waals surface area (Å²) in [6.45, 7) is 5.12. The molecule has 1 aliphatic rings. The summed E-state index contributed by atoms with van der Waals surface area (Å²) in [6.07, 6.45) is 4.77. The number of amides is 1. The van der Waals surface area contributed by atoms with E-state index in [2.05, 4.69) is 17.4 Å². The summed E-state index contributed by atoms with van der Waals surface area (Å²) >= 11 is 0. The molecule has 154 valence electrons. The van der Waals surface area contributed by atoms with E-state index in [9.17, 15) is 4.79 Å². The molecule has 1 N–H and O–H groups in total. The molecular formula is C22H32ClN3O2. The number of benzene rings is 1. The Balaban J connectivity index is 0.00000280. The van der Waals surface area contributed by atoms with E-state index >= 15 is 0 Å². The van der Waals surface area contributed by atoms with Crippen molar-refractivity contribution in [2.24, 2.45) is 11.8 Å². The van der Waals surface area contributed by atoms with Crippen molar-refractivity contribution in [3.63, 3.8) is 0 Å². The molecule has 3 rings (SSSR count). The first-order chi connectivity index (χ1) is 13.1. The molecule has 0 spiro atoms. The highest BCUT2D eigenvalue weighted by atomic mass is 35.5. The first-order valence-electron chi connectivity index (χ1n) is 10.1. The highest BCUT2D eigenvalue weighted by molar-refractivity contribution is 5.85. The van der Waals surface area contributed by atoms with E-state index in [0.29, 0.717) is 18.3 Å². The minimum absolute atomic E-state index is 0. The Morgan fingerprint density at radius 3 is 2.86 bits per heavy atom. The lowest BCUT2D eigenvalue weighted by Crippen LogP contribution is -2.36. The molecule has 0 aliphatic carbocycles. The van der Waals surface area contributed by atoms with Gasteiger partial charge in [0.2, 0.25) is 5.91 Å². The van der Waals surface area contributed by atoms with Crippen molar-refractivity contribution in [2.45, 2.75) is 39.0 Å². The molecule has 5 nitrogen and oxygen atoms in total. The van der Waals surface area contributed by atoms with Gasteiger partial charge >= 0.3 is 0 Å². The zero-order chi connectivity index (χ0) is 19.1. The summed E-state index contributed by atoms with van der Waals surface area (Å²) in [5, 5.41) is 7.59. The van der Waals surface area contributed by atoms with Crippen molar-refractivity contribution in [1.29, 1.82) is 0 Å². The Labute approximate surface area is 174 Å². The maximum absolute atomic E-state index is 12.5. The minimum Gasteiger partial charge on any atom is -0.361 e. The first kappa shape index (κ1) is 22.4. The lowest BCUT2D eigenvalue weighted by atomic mass is 9.85. The van der Waals surface area contributed by atoms with Gasteiger partial charge in [0.05, 0.1) is 0 Å². The van der Waals surface area contributed by atoms with Crippen molar-refractivity contribution < 1.29 is 9.32 Å². The monoisotopic (exact) mass is 405 g/mol. The van der Waals surface area contributed by atoms with E-state index in [1.165, 1.54) is 12.8 Å². The molecule has 1 amide bonds. The molecule has 2 unspecified atom stereocenters. The number of aryl methyl sites for hydroxylation is 1. The molecule has 0 radical (unpaired) electrons. The molecule has 1 saturated heterocycles. The molecule has 2 atom stereocenters. The van der Waals surface area contributed by atoms with Crippen LogP contribution in [0.3, 0.4) is 0 Å². The van der Waals surface area contributed by atoms with Gasteiger partial charge in [0, 0.05) is 38.1 Å². The van der Waals surface area contributed by atoms with Crippen LogP contribution in [-0.4, -0.2) is 42.6 Å². The number of nitrogens with one attached hydrogen (secondary N) is 1. The molecular weight excluding hydrogens is 374 g/mol. The average Bonchev–Trinajstić information content (AvgIpc) is 3.18. The number of nitrogens with zero attached hydrogens (tertiary/aromatic N) is 2. The third-order valence-electron chi connectivity index (χ3n) is 5.61. The van der Waals surface area contributed by atoms with Crippen molar-refractivity contribution in [1.82, 2.24) is 15.4 Å². The Hall–Kier alpha value is -1.85.